The second kappa shape index (κ2) is 7.41. The van der Waals surface area contributed by atoms with Gasteiger partial charge in [-0.2, -0.15) is 0 Å². The van der Waals surface area contributed by atoms with Gasteiger partial charge in [0.15, 0.2) is 0 Å². The van der Waals surface area contributed by atoms with Crippen LogP contribution in [0.25, 0.3) is 0 Å². The zero-order chi connectivity index (χ0) is 14.4. The van der Waals surface area contributed by atoms with Crippen LogP contribution in [0.5, 0.6) is 0 Å². The molecule has 2 N–H and O–H groups in total. The predicted molar refractivity (Wildman–Crippen MR) is 80.4 cm³/mol. The minimum Gasteiger partial charge on any atom is -0.381 e. The summed E-state index contributed by atoms with van der Waals surface area (Å²) in [5.74, 6) is 0.779. The monoisotopic (exact) mass is 282 g/mol. The normalized spacial score (nSPS) is 26.2. The van der Waals surface area contributed by atoms with E-state index in [0.29, 0.717) is 18.9 Å². The van der Waals surface area contributed by atoms with E-state index in [0.717, 1.165) is 39.0 Å². The van der Waals surface area contributed by atoms with E-state index < -0.39 is 0 Å². The molecule has 0 aromatic rings. The number of hydrogen-bond donors (Lipinski definition) is 1. The van der Waals surface area contributed by atoms with Crippen LogP contribution in [0.2, 0.25) is 0 Å². The molecule has 1 saturated carbocycles. The van der Waals surface area contributed by atoms with Crippen molar-refractivity contribution in [1.29, 1.82) is 0 Å². The van der Waals surface area contributed by atoms with Crippen LogP contribution in [0.4, 0.5) is 0 Å². The first-order chi connectivity index (χ1) is 9.65. The molecule has 0 aromatic heterocycles. The Hall–Kier alpha value is -0.610. The molecule has 1 saturated heterocycles. The van der Waals surface area contributed by atoms with Crippen molar-refractivity contribution in [3.63, 3.8) is 0 Å². The van der Waals surface area contributed by atoms with Gasteiger partial charge in [0.25, 0.3) is 0 Å². The average molecular weight is 282 g/mol. The van der Waals surface area contributed by atoms with Crippen molar-refractivity contribution in [3.05, 3.63) is 0 Å². The Balaban J connectivity index is 1.82. The maximum absolute atomic E-state index is 12.5. The minimum atomic E-state index is 0.0760. The highest BCUT2D eigenvalue weighted by Gasteiger charge is 2.34. The minimum absolute atomic E-state index is 0.0760. The van der Waals surface area contributed by atoms with Crippen LogP contribution >= 0.6 is 0 Å². The van der Waals surface area contributed by atoms with Crippen LogP contribution in [0, 0.1) is 11.3 Å². The Kier molecular flexibility index (Phi) is 5.85. The summed E-state index contributed by atoms with van der Waals surface area (Å²) in [5.41, 5.74) is 6.06. The molecule has 1 heterocycles. The van der Waals surface area contributed by atoms with Gasteiger partial charge in [0.2, 0.25) is 5.91 Å². The molecule has 1 aliphatic heterocycles. The predicted octanol–water partition coefficient (Wildman–Crippen LogP) is 2.17. The van der Waals surface area contributed by atoms with Gasteiger partial charge in [0, 0.05) is 26.6 Å². The number of hydrogen-bond acceptors (Lipinski definition) is 3. The van der Waals surface area contributed by atoms with Gasteiger partial charge >= 0.3 is 0 Å². The molecule has 1 unspecified atom stereocenters. The molecule has 0 radical (unpaired) electrons. The molecule has 4 nitrogen and oxygen atoms in total. The first-order valence-electron chi connectivity index (χ1n) is 8.17. The molecule has 0 aromatic carbocycles. The third-order valence-corrected chi connectivity index (χ3v) is 5.09. The summed E-state index contributed by atoms with van der Waals surface area (Å²) < 4.78 is 5.50. The molecule has 2 aliphatic rings. The summed E-state index contributed by atoms with van der Waals surface area (Å²) in [7, 11) is 1.93. The standard InChI is InChI=1S/C16H30N2O2/c1-18(11-14-6-5-9-20-12-14)15(19)10-16(13-17)7-3-2-4-8-16/h14H,2-13,17H2,1H3. The van der Waals surface area contributed by atoms with Crippen molar-refractivity contribution in [1.82, 2.24) is 4.90 Å². The SMILES string of the molecule is CN(CC1CCCOC1)C(=O)CC1(CN)CCCCC1. The van der Waals surface area contributed by atoms with E-state index in [4.69, 9.17) is 10.5 Å². The quantitative estimate of drug-likeness (QED) is 0.841. The Morgan fingerprint density at radius 1 is 1.30 bits per heavy atom. The zero-order valence-electron chi connectivity index (χ0n) is 12.9. The van der Waals surface area contributed by atoms with E-state index in [2.05, 4.69) is 0 Å². The lowest BCUT2D eigenvalue weighted by Gasteiger charge is -2.37. The first kappa shape index (κ1) is 15.8. The molecule has 20 heavy (non-hydrogen) atoms. The zero-order valence-corrected chi connectivity index (χ0v) is 12.9. The summed E-state index contributed by atoms with van der Waals surface area (Å²) >= 11 is 0. The third-order valence-electron chi connectivity index (χ3n) is 5.09. The molecule has 0 spiro atoms. The highest BCUT2D eigenvalue weighted by Crippen LogP contribution is 2.38. The fraction of sp³-hybridized carbons (Fsp3) is 0.938. The summed E-state index contributed by atoms with van der Waals surface area (Å²) in [5, 5.41) is 0. The second-order valence-electron chi connectivity index (χ2n) is 6.80. The van der Waals surface area contributed by atoms with Crippen LogP contribution in [-0.4, -0.2) is 44.2 Å². The van der Waals surface area contributed by atoms with E-state index in [-0.39, 0.29) is 11.3 Å². The Labute approximate surface area is 123 Å². The molecular weight excluding hydrogens is 252 g/mol. The molecular formula is C16H30N2O2. The molecule has 1 aliphatic carbocycles. The van der Waals surface area contributed by atoms with E-state index in [1.54, 1.807) is 0 Å². The van der Waals surface area contributed by atoms with E-state index in [9.17, 15) is 4.79 Å². The van der Waals surface area contributed by atoms with Gasteiger partial charge < -0.3 is 15.4 Å². The molecule has 2 fully saturated rings. The Bertz CT molecular complexity index is 308. The van der Waals surface area contributed by atoms with E-state index in [1.165, 1.54) is 25.7 Å². The summed E-state index contributed by atoms with van der Waals surface area (Å²) in [6.45, 7) is 3.17. The van der Waals surface area contributed by atoms with Crippen LogP contribution in [0.15, 0.2) is 0 Å². The fourth-order valence-electron chi connectivity index (χ4n) is 3.65. The maximum Gasteiger partial charge on any atom is 0.222 e. The number of nitrogens with two attached hydrogens (primary N) is 1. The number of carbonyl (C=O) groups excluding carboxylic acids is 1. The van der Waals surface area contributed by atoms with Crippen LogP contribution < -0.4 is 5.73 Å². The van der Waals surface area contributed by atoms with Crippen molar-refractivity contribution >= 4 is 5.91 Å². The summed E-state index contributed by atoms with van der Waals surface area (Å²) in [6, 6.07) is 0. The third kappa shape index (κ3) is 4.19. The molecule has 1 amide bonds. The lowest BCUT2D eigenvalue weighted by Crippen LogP contribution is -2.41. The molecule has 0 bridgehead atoms. The van der Waals surface area contributed by atoms with Gasteiger partial charge in [0.1, 0.15) is 0 Å². The summed E-state index contributed by atoms with van der Waals surface area (Å²) in [4.78, 5) is 14.4. The lowest BCUT2D eigenvalue weighted by molar-refractivity contribution is -0.134. The van der Waals surface area contributed by atoms with Crippen molar-refractivity contribution < 1.29 is 9.53 Å². The number of ether oxygens (including phenoxy) is 1. The highest BCUT2D eigenvalue weighted by molar-refractivity contribution is 5.76. The molecule has 2 rings (SSSR count). The second-order valence-corrected chi connectivity index (χ2v) is 6.80. The van der Waals surface area contributed by atoms with E-state index in [1.807, 2.05) is 11.9 Å². The maximum atomic E-state index is 12.5. The van der Waals surface area contributed by atoms with Gasteiger partial charge in [-0.3, -0.25) is 4.79 Å². The number of carbonyl (C=O) groups is 1. The van der Waals surface area contributed by atoms with Crippen LogP contribution in [0.3, 0.4) is 0 Å². The first-order valence-corrected chi connectivity index (χ1v) is 8.17. The van der Waals surface area contributed by atoms with Gasteiger partial charge in [-0.1, -0.05) is 19.3 Å². The highest BCUT2D eigenvalue weighted by atomic mass is 16.5. The largest absolute Gasteiger partial charge is 0.381 e. The number of amides is 1. The Morgan fingerprint density at radius 2 is 2.05 bits per heavy atom. The smallest absolute Gasteiger partial charge is 0.222 e. The lowest BCUT2D eigenvalue weighted by atomic mass is 9.71. The summed E-state index contributed by atoms with van der Waals surface area (Å²) in [6.07, 6.45) is 8.93. The van der Waals surface area contributed by atoms with Gasteiger partial charge in [-0.25, -0.2) is 0 Å². The van der Waals surface area contributed by atoms with Crippen molar-refractivity contribution in [3.8, 4) is 0 Å². The Morgan fingerprint density at radius 3 is 2.65 bits per heavy atom. The topological polar surface area (TPSA) is 55.6 Å². The van der Waals surface area contributed by atoms with Crippen molar-refractivity contribution in [2.75, 3.05) is 33.4 Å². The molecule has 116 valence electrons. The van der Waals surface area contributed by atoms with Gasteiger partial charge in [0.05, 0.1) is 6.61 Å². The van der Waals surface area contributed by atoms with E-state index >= 15 is 0 Å². The van der Waals surface area contributed by atoms with Crippen LogP contribution in [-0.2, 0) is 9.53 Å². The van der Waals surface area contributed by atoms with Crippen LogP contribution in [0.1, 0.15) is 51.4 Å². The molecule has 4 heteroatoms. The average Bonchev–Trinajstić information content (AvgIpc) is 2.49. The van der Waals surface area contributed by atoms with Gasteiger partial charge in [-0.15, -0.1) is 0 Å². The number of rotatable bonds is 5. The van der Waals surface area contributed by atoms with Gasteiger partial charge in [-0.05, 0) is 43.6 Å². The molecule has 1 atom stereocenters. The number of nitrogens with zero attached hydrogens (tertiary/aromatic N) is 1. The fourth-order valence-corrected chi connectivity index (χ4v) is 3.65. The van der Waals surface area contributed by atoms with Crippen molar-refractivity contribution in [2.24, 2.45) is 17.1 Å². The van der Waals surface area contributed by atoms with Crippen molar-refractivity contribution in [2.45, 2.75) is 51.4 Å².